The molecule has 1 aromatic rings. The number of hydrogen-bond acceptors (Lipinski definition) is 3. The highest BCUT2D eigenvalue weighted by Gasteiger charge is 2.16. The van der Waals surface area contributed by atoms with Crippen LogP contribution < -0.4 is 10.1 Å². The molecule has 20 heavy (non-hydrogen) atoms. The molecule has 1 N–H and O–H groups in total. The van der Waals surface area contributed by atoms with Crippen LogP contribution in [0.1, 0.15) is 32.6 Å². The summed E-state index contributed by atoms with van der Waals surface area (Å²) in [6.45, 7) is 5.96. The van der Waals surface area contributed by atoms with Gasteiger partial charge in [0, 0.05) is 18.3 Å². The van der Waals surface area contributed by atoms with Crippen LogP contribution in [-0.2, 0) is 0 Å². The van der Waals surface area contributed by atoms with Crippen molar-refractivity contribution in [2.75, 3.05) is 32.1 Å². The molecule has 3 nitrogen and oxygen atoms in total. The number of methoxy groups -OCH3 is 1. The Kier molecular flexibility index (Phi) is 6.17. The van der Waals surface area contributed by atoms with Crippen molar-refractivity contribution < 1.29 is 4.74 Å². The van der Waals surface area contributed by atoms with E-state index in [0.29, 0.717) is 6.04 Å². The lowest BCUT2D eigenvalue weighted by molar-refractivity contribution is 0.285. The van der Waals surface area contributed by atoms with Crippen LogP contribution in [0.4, 0.5) is 5.69 Å². The van der Waals surface area contributed by atoms with Crippen molar-refractivity contribution in [1.82, 2.24) is 4.90 Å². The Morgan fingerprint density at radius 2 is 2.20 bits per heavy atom. The predicted molar refractivity (Wildman–Crippen MR) is 88.7 cm³/mol. The van der Waals surface area contributed by atoms with Crippen LogP contribution in [0, 0.1) is 0 Å². The van der Waals surface area contributed by atoms with Crippen molar-refractivity contribution in [1.29, 1.82) is 0 Å². The molecular weight excluding hydrogens is 316 g/mol. The maximum absolute atomic E-state index is 5.27. The zero-order chi connectivity index (χ0) is 14.4. The van der Waals surface area contributed by atoms with E-state index in [0.717, 1.165) is 10.2 Å². The van der Waals surface area contributed by atoms with E-state index in [1.54, 1.807) is 7.11 Å². The van der Waals surface area contributed by atoms with Gasteiger partial charge in [0.2, 0.25) is 0 Å². The van der Waals surface area contributed by atoms with Gasteiger partial charge in [-0.3, -0.25) is 0 Å². The molecule has 1 heterocycles. The molecule has 1 unspecified atom stereocenters. The van der Waals surface area contributed by atoms with Crippen molar-refractivity contribution in [3.05, 3.63) is 22.7 Å². The van der Waals surface area contributed by atoms with Gasteiger partial charge in [-0.25, -0.2) is 0 Å². The van der Waals surface area contributed by atoms with E-state index in [4.69, 9.17) is 4.74 Å². The fourth-order valence-electron chi connectivity index (χ4n) is 2.83. The molecule has 1 atom stereocenters. The molecule has 0 aromatic heterocycles. The van der Waals surface area contributed by atoms with Crippen molar-refractivity contribution in [2.45, 2.75) is 38.6 Å². The molecular formula is C16H25BrN2O. The lowest BCUT2D eigenvalue weighted by Crippen LogP contribution is -2.27. The summed E-state index contributed by atoms with van der Waals surface area (Å²) in [5, 5.41) is 3.66. The summed E-state index contributed by atoms with van der Waals surface area (Å²) in [5.41, 5.74) is 1.17. The van der Waals surface area contributed by atoms with Crippen LogP contribution in [0.2, 0.25) is 0 Å². The first-order chi connectivity index (χ1) is 9.72. The maximum Gasteiger partial charge on any atom is 0.133 e. The van der Waals surface area contributed by atoms with Gasteiger partial charge >= 0.3 is 0 Å². The molecule has 0 aliphatic carbocycles. The summed E-state index contributed by atoms with van der Waals surface area (Å²) in [6, 6.07) is 6.79. The number of hydrogen-bond donors (Lipinski definition) is 1. The Balaban J connectivity index is 1.91. The standard InChI is InChI=1S/C16H25BrN2O/c1-3-9-19-10-4-5-13(8-11-19)18-14-6-7-16(20-2)15(17)12-14/h6-7,12-13,18H,3-5,8-11H2,1-2H3. The maximum atomic E-state index is 5.27. The molecule has 112 valence electrons. The van der Waals surface area contributed by atoms with Crippen LogP contribution in [0.5, 0.6) is 5.75 Å². The monoisotopic (exact) mass is 340 g/mol. The van der Waals surface area contributed by atoms with Crippen LogP contribution in [0.3, 0.4) is 0 Å². The Morgan fingerprint density at radius 1 is 1.35 bits per heavy atom. The molecule has 1 aromatic carbocycles. The number of anilines is 1. The number of rotatable bonds is 5. The number of nitrogens with one attached hydrogen (secondary N) is 1. The molecule has 1 fully saturated rings. The zero-order valence-corrected chi connectivity index (χ0v) is 14.1. The summed E-state index contributed by atoms with van der Waals surface area (Å²) in [4.78, 5) is 2.59. The summed E-state index contributed by atoms with van der Waals surface area (Å²) < 4.78 is 6.28. The van der Waals surface area contributed by atoms with Gasteiger partial charge in [0.15, 0.2) is 0 Å². The topological polar surface area (TPSA) is 24.5 Å². The molecule has 1 aliphatic heterocycles. The molecule has 2 rings (SSSR count). The summed E-state index contributed by atoms with van der Waals surface area (Å²) in [5.74, 6) is 0.880. The molecule has 1 aliphatic rings. The van der Waals surface area contributed by atoms with Crippen molar-refractivity contribution in [3.8, 4) is 5.75 Å². The van der Waals surface area contributed by atoms with Crippen molar-refractivity contribution >= 4 is 21.6 Å². The van der Waals surface area contributed by atoms with Crippen LogP contribution in [0.25, 0.3) is 0 Å². The summed E-state index contributed by atoms with van der Waals surface area (Å²) in [6.07, 6.45) is 5.02. The highest BCUT2D eigenvalue weighted by Crippen LogP contribution is 2.28. The van der Waals surface area contributed by atoms with Gasteiger partial charge in [0.25, 0.3) is 0 Å². The van der Waals surface area contributed by atoms with Gasteiger partial charge in [-0.05, 0) is 72.9 Å². The minimum atomic E-state index is 0.581. The summed E-state index contributed by atoms with van der Waals surface area (Å²) >= 11 is 3.54. The van der Waals surface area contributed by atoms with E-state index in [2.05, 4.69) is 45.2 Å². The first-order valence-corrected chi connectivity index (χ1v) is 8.34. The molecule has 1 saturated heterocycles. The average molecular weight is 341 g/mol. The first kappa shape index (κ1) is 15.6. The van der Waals surface area contributed by atoms with Gasteiger partial charge in [-0.1, -0.05) is 6.92 Å². The Labute approximate surface area is 130 Å². The fourth-order valence-corrected chi connectivity index (χ4v) is 3.37. The normalized spacial score (nSPS) is 20.4. The minimum absolute atomic E-state index is 0.581. The number of nitrogens with zero attached hydrogens (tertiary/aromatic N) is 1. The highest BCUT2D eigenvalue weighted by molar-refractivity contribution is 9.10. The Hall–Kier alpha value is -0.740. The molecule has 0 bridgehead atoms. The van der Waals surface area contributed by atoms with E-state index in [1.165, 1.54) is 51.0 Å². The van der Waals surface area contributed by atoms with E-state index in [-0.39, 0.29) is 0 Å². The van der Waals surface area contributed by atoms with E-state index in [9.17, 15) is 0 Å². The molecule has 0 spiro atoms. The van der Waals surface area contributed by atoms with E-state index >= 15 is 0 Å². The van der Waals surface area contributed by atoms with E-state index < -0.39 is 0 Å². The molecule has 0 radical (unpaired) electrons. The van der Waals surface area contributed by atoms with Crippen LogP contribution >= 0.6 is 15.9 Å². The van der Waals surface area contributed by atoms with Crippen molar-refractivity contribution in [3.63, 3.8) is 0 Å². The zero-order valence-electron chi connectivity index (χ0n) is 12.5. The number of halogens is 1. The number of benzene rings is 1. The first-order valence-electron chi connectivity index (χ1n) is 7.55. The Morgan fingerprint density at radius 3 is 2.90 bits per heavy atom. The third kappa shape index (κ3) is 4.38. The number of ether oxygens (including phenoxy) is 1. The SMILES string of the molecule is CCCN1CCCC(Nc2ccc(OC)c(Br)c2)CC1. The van der Waals surface area contributed by atoms with Gasteiger partial charge in [-0.2, -0.15) is 0 Å². The average Bonchev–Trinajstić information content (AvgIpc) is 2.65. The quantitative estimate of drug-likeness (QED) is 0.871. The van der Waals surface area contributed by atoms with Gasteiger partial charge in [0.05, 0.1) is 11.6 Å². The third-order valence-corrected chi connectivity index (χ3v) is 4.50. The summed E-state index contributed by atoms with van der Waals surface area (Å²) in [7, 11) is 1.70. The molecule has 0 saturated carbocycles. The third-order valence-electron chi connectivity index (χ3n) is 3.88. The smallest absolute Gasteiger partial charge is 0.133 e. The molecule has 4 heteroatoms. The second kappa shape index (κ2) is 7.89. The number of likely N-dealkylation sites (tertiary alicyclic amines) is 1. The second-order valence-corrected chi connectivity index (χ2v) is 6.32. The van der Waals surface area contributed by atoms with Crippen LogP contribution in [0.15, 0.2) is 22.7 Å². The van der Waals surface area contributed by atoms with Crippen molar-refractivity contribution in [2.24, 2.45) is 0 Å². The van der Waals surface area contributed by atoms with Gasteiger partial charge < -0.3 is 15.0 Å². The van der Waals surface area contributed by atoms with E-state index in [1.807, 2.05) is 6.07 Å². The largest absolute Gasteiger partial charge is 0.496 e. The van der Waals surface area contributed by atoms with Gasteiger partial charge in [0.1, 0.15) is 5.75 Å². The predicted octanol–water partition coefficient (Wildman–Crippen LogP) is 4.13. The fraction of sp³-hybridized carbons (Fsp3) is 0.625. The second-order valence-electron chi connectivity index (χ2n) is 5.46. The minimum Gasteiger partial charge on any atom is -0.496 e. The highest BCUT2D eigenvalue weighted by atomic mass is 79.9. The Bertz CT molecular complexity index is 425. The van der Waals surface area contributed by atoms with Gasteiger partial charge in [-0.15, -0.1) is 0 Å². The lowest BCUT2D eigenvalue weighted by atomic mass is 10.1. The van der Waals surface area contributed by atoms with Crippen LogP contribution in [-0.4, -0.2) is 37.7 Å². The molecule has 0 amide bonds. The lowest BCUT2D eigenvalue weighted by Gasteiger charge is -2.20.